The molecule has 29 heavy (non-hydrogen) atoms. The zero-order valence-corrected chi connectivity index (χ0v) is 16.7. The van der Waals surface area contributed by atoms with Crippen LogP contribution in [0.15, 0.2) is 83.8 Å². The zero-order valence-electron chi connectivity index (χ0n) is 15.1. The van der Waals surface area contributed by atoms with Crippen molar-refractivity contribution < 1.29 is 13.2 Å². The number of benzene rings is 3. The summed E-state index contributed by atoms with van der Waals surface area (Å²) >= 11 is 5.80. The predicted octanol–water partition coefficient (Wildman–Crippen LogP) is 3.86. The van der Waals surface area contributed by atoms with Gasteiger partial charge < -0.3 is 0 Å². The van der Waals surface area contributed by atoms with Crippen LogP contribution in [0.25, 0.3) is 10.9 Å². The molecule has 3 aromatic carbocycles. The fourth-order valence-corrected chi connectivity index (χ4v) is 4.09. The third kappa shape index (κ3) is 4.01. The number of fused-ring (bicyclic) bond motifs is 1. The molecule has 0 spiro atoms. The Morgan fingerprint density at radius 3 is 2.31 bits per heavy atom. The number of halogens is 1. The van der Waals surface area contributed by atoms with Crippen molar-refractivity contribution in [2.24, 2.45) is 0 Å². The monoisotopic (exact) mass is 425 g/mol. The molecule has 0 radical (unpaired) electrons. The Morgan fingerprint density at radius 2 is 1.59 bits per heavy atom. The molecule has 4 rings (SSSR count). The van der Waals surface area contributed by atoms with Gasteiger partial charge in [-0.1, -0.05) is 60.1 Å². The summed E-state index contributed by atoms with van der Waals surface area (Å²) in [5.74, 6) is -0.789. The maximum atomic E-state index is 12.8. The molecule has 4 aromatic rings. The van der Waals surface area contributed by atoms with Gasteiger partial charge in [-0.25, -0.2) is 13.1 Å². The van der Waals surface area contributed by atoms with Crippen molar-refractivity contribution in [1.29, 1.82) is 0 Å². The largest absolute Gasteiger partial charge is 0.286 e. The average molecular weight is 426 g/mol. The van der Waals surface area contributed by atoms with E-state index < -0.39 is 15.9 Å². The van der Waals surface area contributed by atoms with Crippen LogP contribution in [0, 0.1) is 0 Å². The highest BCUT2D eigenvalue weighted by atomic mass is 35.5. The molecule has 1 N–H and O–H groups in total. The lowest BCUT2D eigenvalue weighted by Gasteiger charge is -2.06. The fourth-order valence-electron chi connectivity index (χ4n) is 3.02. The van der Waals surface area contributed by atoms with E-state index in [0.717, 1.165) is 11.1 Å². The van der Waals surface area contributed by atoms with Crippen LogP contribution in [0.1, 0.15) is 16.1 Å². The van der Waals surface area contributed by atoms with E-state index in [4.69, 9.17) is 11.6 Å². The summed E-state index contributed by atoms with van der Waals surface area (Å²) < 4.78 is 28.9. The topological polar surface area (TPSA) is 81.1 Å². The number of aromatic nitrogens is 2. The van der Waals surface area contributed by atoms with Crippen molar-refractivity contribution in [1.82, 2.24) is 14.5 Å². The van der Waals surface area contributed by atoms with Crippen LogP contribution >= 0.6 is 11.6 Å². The molecule has 0 fully saturated rings. The van der Waals surface area contributed by atoms with Crippen molar-refractivity contribution in [3.8, 4) is 0 Å². The SMILES string of the molecule is O=C(NS(=O)(=O)c1ccc(Cl)cc1)c1nn(Cc2ccccc2)c2ccccc12. The molecule has 1 aromatic heterocycles. The summed E-state index contributed by atoms with van der Waals surface area (Å²) in [6.45, 7) is 0.457. The zero-order chi connectivity index (χ0) is 20.4. The quantitative estimate of drug-likeness (QED) is 0.526. The number of hydrogen-bond donors (Lipinski definition) is 1. The summed E-state index contributed by atoms with van der Waals surface area (Å²) in [5, 5.41) is 5.38. The summed E-state index contributed by atoms with van der Waals surface area (Å²) in [4.78, 5) is 12.7. The molecular formula is C21H16ClN3O3S. The fraction of sp³-hybridized carbons (Fsp3) is 0.0476. The van der Waals surface area contributed by atoms with Gasteiger partial charge in [-0.3, -0.25) is 9.48 Å². The molecule has 0 unspecified atom stereocenters. The molecule has 1 amide bonds. The van der Waals surface area contributed by atoms with Crippen LogP contribution < -0.4 is 4.72 Å². The maximum absolute atomic E-state index is 12.8. The van der Waals surface area contributed by atoms with Crippen LogP contribution in [0.5, 0.6) is 0 Å². The summed E-state index contributed by atoms with van der Waals surface area (Å²) in [5.41, 5.74) is 1.81. The van der Waals surface area contributed by atoms with E-state index in [2.05, 4.69) is 9.82 Å². The summed E-state index contributed by atoms with van der Waals surface area (Å²) in [6.07, 6.45) is 0. The lowest BCUT2D eigenvalue weighted by Crippen LogP contribution is -2.31. The van der Waals surface area contributed by atoms with E-state index in [9.17, 15) is 13.2 Å². The second-order valence-electron chi connectivity index (χ2n) is 6.40. The first-order chi connectivity index (χ1) is 13.9. The Kier molecular flexibility index (Phi) is 5.08. The minimum absolute atomic E-state index is 0.0501. The first kappa shape index (κ1) is 19.2. The molecule has 0 saturated carbocycles. The van der Waals surface area contributed by atoms with Gasteiger partial charge in [0.2, 0.25) is 0 Å². The van der Waals surface area contributed by atoms with Crippen molar-refractivity contribution in [3.63, 3.8) is 0 Å². The molecule has 8 heteroatoms. The second-order valence-corrected chi connectivity index (χ2v) is 8.52. The third-order valence-corrected chi connectivity index (χ3v) is 6.00. The van der Waals surface area contributed by atoms with Crippen molar-refractivity contribution in [3.05, 3.63) is 95.1 Å². The van der Waals surface area contributed by atoms with Gasteiger partial charge in [-0.15, -0.1) is 0 Å². The van der Waals surface area contributed by atoms with Crippen LogP contribution in [0.3, 0.4) is 0 Å². The molecule has 0 aliphatic heterocycles. The van der Waals surface area contributed by atoms with E-state index in [1.165, 1.54) is 24.3 Å². The normalized spacial score (nSPS) is 11.5. The summed E-state index contributed by atoms with van der Waals surface area (Å²) in [6, 6.07) is 22.5. The second kappa shape index (κ2) is 7.69. The van der Waals surface area contributed by atoms with Gasteiger partial charge >= 0.3 is 0 Å². The van der Waals surface area contributed by atoms with Gasteiger partial charge in [0.25, 0.3) is 15.9 Å². The molecule has 1 heterocycles. The Morgan fingerprint density at radius 1 is 0.931 bits per heavy atom. The van der Waals surface area contributed by atoms with E-state index in [1.54, 1.807) is 16.8 Å². The molecule has 0 bridgehead atoms. The van der Waals surface area contributed by atoms with Crippen LogP contribution in [0.2, 0.25) is 5.02 Å². The number of amides is 1. The number of nitrogens with one attached hydrogen (secondary N) is 1. The van der Waals surface area contributed by atoms with Crippen LogP contribution in [0.4, 0.5) is 0 Å². The highest BCUT2D eigenvalue weighted by Gasteiger charge is 2.23. The van der Waals surface area contributed by atoms with Gasteiger partial charge in [0.1, 0.15) is 0 Å². The molecule has 0 saturated heterocycles. The molecular weight excluding hydrogens is 410 g/mol. The van der Waals surface area contributed by atoms with Gasteiger partial charge in [0, 0.05) is 10.4 Å². The van der Waals surface area contributed by atoms with Crippen LogP contribution in [-0.4, -0.2) is 24.1 Å². The molecule has 0 aliphatic rings. The Bertz CT molecular complexity index is 1280. The third-order valence-electron chi connectivity index (χ3n) is 4.40. The summed E-state index contributed by atoms with van der Waals surface area (Å²) in [7, 11) is -4.05. The first-order valence-corrected chi connectivity index (χ1v) is 10.6. The Labute approximate surface area is 172 Å². The van der Waals surface area contributed by atoms with E-state index >= 15 is 0 Å². The minimum atomic E-state index is -4.05. The van der Waals surface area contributed by atoms with Crippen LogP contribution in [-0.2, 0) is 16.6 Å². The first-order valence-electron chi connectivity index (χ1n) is 8.76. The van der Waals surface area contributed by atoms with Gasteiger partial charge in [-0.05, 0) is 35.9 Å². The smallest absolute Gasteiger partial charge is 0.266 e. The molecule has 0 aliphatic carbocycles. The van der Waals surface area contributed by atoms with E-state index in [-0.39, 0.29) is 10.6 Å². The molecule has 0 atom stereocenters. The van der Waals surface area contributed by atoms with E-state index in [0.29, 0.717) is 17.0 Å². The lowest BCUT2D eigenvalue weighted by molar-refractivity contribution is 0.0977. The Hall–Kier alpha value is -3.16. The van der Waals surface area contributed by atoms with E-state index in [1.807, 2.05) is 42.5 Å². The number of para-hydroxylation sites is 1. The minimum Gasteiger partial charge on any atom is -0.266 e. The van der Waals surface area contributed by atoms with Crippen molar-refractivity contribution >= 4 is 38.4 Å². The highest BCUT2D eigenvalue weighted by Crippen LogP contribution is 2.21. The molecule has 146 valence electrons. The van der Waals surface area contributed by atoms with Gasteiger partial charge in [-0.2, -0.15) is 5.10 Å². The Balaban J connectivity index is 1.68. The number of rotatable bonds is 5. The van der Waals surface area contributed by atoms with Gasteiger partial charge in [0.05, 0.1) is 17.0 Å². The highest BCUT2D eigenvalue weighted by molar-refractivity contribution is 7.90. The number of carbonyl (C=O) groups excluding carboxylic acids is 1. The predicted molar refractivity (Wildman–Crippen MR) is 111 cm³/mol. The number of carbonyl (C=O) groups is 1. The number of hydrogen-bond acceptors (Lipinski definition) is 4. The standard InChI is InChI=1S/C21H16ClN3O3S/c22-16-10-12-17(13-11-16)29(27,28)24-21(26)20-18-8-4-5-9-19(18)25(23-20)14-15-6-2-1-3-7-15/h1-13H,14H2,(H,24,26). The average Bonchev–Trinajstić information content (AvgIpc) is 3.08. The van der Waals surface area contributed by atoms with Crippen molar-refractivity contribution in [2.45, 2.75) is 11.4 Å². The number of nitrogens with zero attached hydrogens (tertiary/aromatic N) is 2. The molecule has 6 nitrogen and oxygen atoms in total. The van der Waals surface area contributed by atoms with Gasteiger partial charge in [0.15, 0.2) is 5.69 Å². The maximum Gasteiger partial charge on any atom is 0.286 e. The van der Waals surface area contributed by atoms with Crippen molar-refractivity contribution in [2.75, 3.05) is 0 Å². The lowest BCUT2D eigenvalue weighted by atomic mass is 10.2. The number of sulfonamides is 1.